The third-order valence-electron chi connectivity index (χ3n) is 4.53. The summed E-state index contributed by atoms with van der Waals surface area (Å²) in [5.41, 5.74) is 4.65. The molecule has 1 heterocycles. The van der Waals surface area contributed by atoms with E-state index >= 15 is 0 Å². The van der Waals surface area contributed by atoms with Crippen molar-refractivity contribution in [3.05, 3.63) is 63.9 Å². The Morgan fingerprint density at radius 3 is 2.45 bits per heavy atom. The van der Waals surface area contributed by atoms with Gasteiger partial charge in [0.1, 0.15) is 6.54 Å². The summed E-state index contributed by atoms with van der Waals surface area (Å²) >= 11 is 5.26. The zero-order chi connectivity index (χ0) is 21.0. The van der Waals surface area contributed by atoms with E-state index < -0.39 is 0 Å². The highest BCUT2D eigenvalue weighted by Crippen LogP contribution is 2.19. The molecule has 3 N–H and O–H groups in total. The molecule has 0 unspecified atom stereocenters. The Kier molecular flexibility index (Phi) is 6.23. The Hall–Kier alpha value is -3.26. The molecule has 150 valence electrons. The molecule has 0 spiro atoms. The first-order valence-electron chi connectivity index (χ1n) is 9.20. The van der Waals surface area contributed by atoms with Crippen LogP contribution in [0, 0.1) is 25.5 Å². The largest absolute Gasteiger partial charge is 0.345 e. The zero-order valence-electron chi connectivity index (χ0n) is 16.6. The lowest BCUT2D eigenvalue weighted by molar-refractivity contribution is -0.124. The highest BCUT2D eigenvalue weighted by molar-refractivity contribution is 7.71. The molecule has 0 aliphatic carbocycles. The maximum atomic E-state index is 12.4. The molecule has 0 aliphatic heterocycles. The van der Waals surface area contributed by atoms with Crippen molar-refractivity contribution >= 4 is 29.7 Å². The molecule has 0 radical (unpaired) electrons. The minimum atomic E-state index is -0.326. The van der Waals surface area contributed by atoms with Gasteiger partial charge in [-0.25, -0.2) is 0 Å². The number of carbonyl (C=O) groups is 2. The van der Waals surface area contributed by atoms with Gasteiger partial charge in [0.2, 0.25) is 11.8 Å². The molecule has 2 aromatic carbocycles. The molecule has 7 nitrogen and oxygen atoms in total. The van der Waals surface area contributed by atoms with Crippen molar-refractivity contribution in [3.8, 4) is 11.4 Å². The third kappa shape index (κ3) is 4.97. The summed E-state index contributed by atoms with van der Waals surface area (Å²) < 4.78 is 1.96. The maximum Gasteiger partial charge on any atom is 0.243 e. The van der Waals surface area contributed by atoms with Crippen LogP contribution in [-0.4, -0.2) is 33.1 Å². The molecule has 0 saturated carbocycles. The van der Waals surface area contributed by atoms with Gasteiger partial charge < -0.3 is 10.6 Å². The second kappa shape index (κ2) is 8.83. The number of aromatic nitrogens is 3. The van der Waals surface area contributed by atoms with Gasteiger partial charge in [0.25, 0.3) is 0 Å². The molecule has 0 atom stereocenters. The van der Waals surface area contributed by atoms with Crippen LogP contribution >= 0.6 is 12.2 Å². The van der Waals surface area contributed by atoms with E-state index in [1.807, 2.05) is 63.2 Å². The highest BCUT2D eigenvalue weighted by atomic mass is 32.1. The predicted octanol–water partition coefficient (Wildman–Crippen LogP) is 3.29. The van der Waals surface area contributed by atoms with Crippen molar-refractivity contribution < 1.29 is 9.59 Å². The molecular formula is C21H23N5O2S. The number of amides is 2. The molecule has 8 heteroatoms. The zero-order valence-corrected chi connectivity index (χ0v) is 17.4. The first kappa shape index (κ1) is 20.5. The molecule has 0 aliphatic rings. The van der Waals surface area contributed by atoms with Crippen LogP contribution in [0.3, 0.4) is 0 Å². The maximum absolute atomic E-state index is 12.4. The monoisotopic (exact) mass is 409 g/mol. The van der Waals surface area contributed by atoms with Gasteiger partial charge in [-0.3, -0.25) is 19.3 Å². The normalized spacial score (nSPS) is 10.6. The van der Waals surface area contributed by atoms with E-state index in [0.29, 0.717) is 10.6 Å². The Morgan fingerprint density at radius 2 is 1.76 bits per heavy atom. The molecule has 0 bridgehead atoms. The average molecular weight is 410 g/mol. The Balaban J connectivity index is 1.64. The van der Waals surface area contributed by atoms with Crippen molar-refractivity contribution in [2.45, 2.75) is 27.3 Å². The van der Waals surface area contributed by atoms with Crippen LogP contribution in [-0.2, 0) is 16.1 Å². The number of nitrogens with zero attached hydrogens (tertiary/aromatic N) is 2. The summed E-state index contributed by atoms with van der Waals surface area (Å²) in [5, 5.41) is 12.4. The number of benzene rings is 2. The van der Waals surface area contributed by atoms with Crippen LogP contribution in [0.1, 0.15) is 16.7 Å². The number of anilines is 1. The predicted molar refractivity (Wildman–Crippen MR) is 115 cm³/mol. The molecule has 3 rings (SSSR count). The molecule has 29 heavy (non-hydrogen) atoms. The van der Waals surface area contributed by atoms with Gasteiger partial charge in [0.05, 0.1) is 6.54 Å². The smallest absolute Gasteiger partial charge is 0.243 e. The number of aryl methyl sites for hydroxylation is 3. The first-order chi connectivity index (χ1) is 13.8. The molecule has 0 fully saturated rings. The van der Waals surface area contributed by atoms with Crippen molar-refractivity contribution in [2.24, 2.45) is 0 Å². The number of aromatic amines is 1. The van der Waals surface area contributed by atoms with E-state index in [4.69, 9.17) is 12.2 Å². The highest BCUT2D eigenvalue weighted by Gasteiger charge is 2.14. The van der Waals surface area contributed by atoms with E-state index in [9.17, 15) is 9.59 Å². The van der Waals surface area contributed by atoms with Crippen LogP contribution in [0.4, 0.5) is 5.69 Å². The lowest BCUT2D eigenvalue weighted by Crippen LogP contribution is -2.35. The van der Waals surface area contributed by atoms with Gasteiger partial charge >= 0.3 is 0 Å². The summed E-state index contributed by atoms with van der Waals surface area (Å²) in [4.78, 5) is 24.6. The van der Waals surface area contributed by atoms with Crippen LogP contribution in [0.2, 0.25) is 0 Å². The molecule has 3 aromatic rings. The quantitative estimate of drug-likeness (QED) is 0.545. The van der Waals surface area contributed by atoms with E-state index in [0.717, 1.165) is 27.9 Å². The number of nitrogens with one attached hydrogen (secondary N) is 3. The molecular weight excluding hydrogens is 386 g/mol. The van der Waals surface area contributed by atoms with E-state index in [1.165, 1.54) is 0 Å². The van der Waals surface area contributed by atoms with E-state index in [1.54, 1.807) is 4.57 Å². The number of hydrogen-bond acceptors (Lipinski definition) is 4. The van der Waals surface area contributed by atoms with Crippen molar-refractivity contribution in [3.63, 3.8) is 0 Å². The van der Waals surface area contributed by atoms with Crippen LogP contribution < -0.4 is 10.6 Å². The summed E-state index contributed by atoms with van der Waals surface area (Å²) in [6.07, 6.45) is 0. The number of carbonyl (C=O) groups excluding carboxylic acids is 2. The Bertz CT molecular complexity index is 1100. The lowest BCUT2D eigenvalue weighted by atomic mass is 10.1. The number of rotatable bonds is 6. The SMILES string of the molecule is Cc1cccc(-c2n[nH]c(=S)n2CC(=O)NCC(=O)Nc2c(C)cccc2C)c1. The van der Waals surface area contributed by atoms with Crippen LogP contribution in [0.15, 0.2) is 42.5 Å². The topological polar surface area (TPSA) is 91.8 Å². The second-order valence-corrected chi connectivity index (χ2v) is 7.29. The summed E-state index contributed by atoms with van der Waals surface area (Å²) in [6, 6.07) is 13.6. The second-order valence-electron chi connectivity index (χ2n) is 6.90. The van der Waals surface area contributed by atoms with Gasteiger partial charge in [-0.1, -0.05) is 42.0 Å². The molecule has 1 aromatic heterocycles. The van der Waals surface area contributed by atoms with Crippen LogP contribution in [0.25, 0.3) is 11.4 Å². The summed E-state index contributed by atoms with van der Waals surface area (Å²) in [7, 11) is 0. The van der Waals surface area contributed by atoms with Gasteiger partial charge in [-0.15, -0.1) is 0 Å². The van der Waals surface area contributed by atoms with Crippen LogP contribution in [0.5, 0.6) is 0 Å². The van der Waals surface area contributed by atoms with Crippen molar-refractivity contribution in [1.29, 1.82) is 0 Å². The van der Waals surface area contributed by atoms with Gasteiger partial charge in [-0.05, 0) is 50.2 Å². The van der Waals surface area contributed by atoms with Crippen molar-refractivity contribution in [2.75, 3.05) is 11.9 Å². The molecule has 2 amide bonds. The molecule has 0 saturated heterocycles. The number of para-hydroxylation sites is 1. The van der Waals surface area contributed by atoms with E-state index in [2.05, 4.69) is 20.8 Å². The Morgan fingerprint density at radius 1 is 1.07 bits per heavy atom. The minimum absolute atomic E-state index is 0.0325. The van der Waals surface area contributed by atoms with Gasteiger partial charge in [-0.2, -0.15) is 5.10 Å². The van der Waals surface area contributed by atoms with Gasteiger partial charge in [0.15, 0.2) is 10.6 Å². The minimum Gasteiger partial charge on any atom is -0.345 e. The van der Waals surface area contributed by atoms with Crippen molar-refractivity contribution in [1.82, 2.24) is 20.1 Å². The Labute approximate surface area is 174 Å². The fraction of sp³-hybridized carbons (Fsp3) is 0.238. The number of hydrogen-bond donors (Lipinski definition) is 3. The average Bonchev–Trinajstić information content (AvgIpc) is 3.03. The first-order valence-corrected chi connectivity index (χ1v) is 9.61. The number of H-pyrrole nitrogens is 1. The fourth-order valence-corrected chi connectivity index (χ4v) is 3.24. The standard InChI is InChI=1S/C21H23N5O2S/c1-13-6-4-9-16(10-13)20-24-25-21(29)26(20)12-18(28)22-11-17(27)23-19-14(2)7-5-8-15(19)3/h4-10H,11-12H2,1-3H3,(H,22,28)(H,23,27)(H,25,29). The fourth-order valence-electron chi connectivity index (χ4n) is 3.04. The summed E-state index contributed by atoms with van der Waals surface area (Å²) in [6.45, 7) is 5.67. The summed E-state index contributed by atoms with van der Waals surface area (Å²) in [5.74, 6) is -0.0349. The van der Waals surface area contributed by atoms with E-state index in [-0.39, 0.29) is 24.9 Å². The third-order valence-corrected chi connectivity index (χ3v) is 4.84. The lowest BCUT2D eigenvalue weighted by Gasteiger charge is -2.12. The van der Waals surface area contributed by atoms with Gasteiger partial charge in [0, 0.05) is 11.3 Å².